The molecule has 0 bridgehead atoms. The Morgan fingerprint density at radius 2 is 0.968 bits per heavy atom. The van der Waals surface area contributed by atoms with Gasteiger partial charge in [-0.15, -0.1) is 0 Å². The van der Waals surface area contributed by atoms with Crippen LogP contribution in [-0.4, -0.2) is 89.6 Å². The summed E-state index contributed by atoms with van der Waals surface area (Å²) in [6, 6.07) is 0. The van der Waals surface area contributed by atoms with Gasteiger partial charge in [0.05, 0.1) is 19.8 Å². The van der Waals surface area contributed by atoms with E-state index < -0.39 is 43.4 Å². The van der Waals surface area contributed by atoms with Crippen molar-refractivity contribution in [1.29, 1.82) is 0 Å². The molecule has 0 aromatic rings. The second kappa shape index (κ2) is 44.3. The molecule has 1 aliphatic rings. The number of unbranched alkanes of at least 4 members (excludes halogenated alkanes) is 14. The van der Waals surface area contributed by atoms with Crippen molar-refractivity contribution in [1.82, 2.24) is 0 Å². The monoisotopic (exact) mass is 883 g/mol. The van der Waals surface area contributed by atoms with Gasteiger partial charge in [-0.3, -0.25) is 4.79 Å². The molecule has 0 saturated carbocycles. The lowest BCUT2D eigenvalue weighted by molar-refractivity contribution is -0.305. The zero-order valence-electron chi connectivity index (χ0n) is 39.5. The van der Waals surface area contributed by atoms with Crippen LogP contribution in [0.4, 0.5) is 0 Å². The molecule has 6 unspecified atom stereocenters. The summed E-state index contributed by atoms with van der Waals surface area (Å²) in [5.41, 5.74) is 0. The normalized spacial score (nSPS) is 20.5. The molecule has 9 nitrogen and oxygen atoms in total. The molecule has 0 aliphatic carbocycles. The minimum absolute atomic E-state index is 0.105. The van der Waals surface area contributed by atoms with Crippen molar-refractivity contribution >= 4 is 5.97 Å². The van der Waals surface area contributed by atoms with E-state index >= 15 is 0 Å². The summed E-state index contributed by atoms with van der Waals surface area (Å²) >= 11 is 0. The average molecular weight is 883 g/mol. The Labute approximate surface area is 383 Å². The van der Waals surface area contributed by atoms with Crippen molar-refractivity contribution in [2.24, 2.45) is 0 Å². The van der Waals surface area contributed by atoms with Crippen molar-refractivity contribution in [2.45, 2.75) is 211 Å². The van der Waals surface area contributed by atoms with Gasteiger partial charge in [0, 0.05) is 13.0 Å². The molecule has 4 N–H and O–H groups in total. The topological polar surface area (TPSA) is 135 Å². The Morgan fingerprint density at radius 1 is 0.524 bits per heavy atom. The van der Waals surface area contributed by atoms with Crippen LogP contribution < -0.4 is 0 Å². The van der Waals surface area contributed by atoms with Crippen LogP contribution in [0.15, 0.2) is 97.2 Å². The Morgan fingerprint density at radius 3 is 1.48 bits per heavy atom. The van der Waals surface area contributed by atoms with Gasteiger partial charge in [0.25, 0.3) is 0 Å². The average Bonchev–Trinajstić information content (AvgIpc) is 3.28. The van der Waals surface area contributed by atoms with Gasteiger partial charge in [-0.1, -0.05) is 169 Å². The second-order valence-electron chi connectivity index (χ2n) is 16.5. The molecule has 63 heavy (non-hydrogen) atoms. The molecule has 0 aromatic heterocycles. The first-order valence-electron chi connectivity index (χ1n) is 24.8. The number of esters is 1. The van der Waals surface area contributed by atoms with Crippen molar-refractivity contribution < 1.29 is 44.2 Å². The Balaban J connectivity index is 2.28. The van der Waals surface area contributed by atoms with Crippen LogP contribution in [-0.2, 0) is 23.7 Å². The zero-order valence-corrected chi connectivity index (χ0v) is 39.5. The molecule has 6 atom stereocenters. The molecule has 1 aliphatic heterocycles. The highest BCUT2D eigenvalue weighted by molar-refractivity contribution is 5.69. The third kappa shape index (κ3) is 35.1. The van der Waals surface area contributed by atoms with Crippen molar-refractivity contribution in [3.05, 3.63) is 97.2 Å². The molecule has 0 radical (unpaired) electrons. The quantitative estimate of drug-likeness (QED) is 0.0269. The number of rotatable bonds is 41. The maximum atomic E-state index is 12.8. The van der Waals surface area contributed by atoms with Gasteiger partial charge in [0.1, 0.15) is 30.5 Å². The van der Waals surface area contributed by atoms with E-state index in [4.69, 9.17) is 18.9 Å². The number of hydrogen-bond donors (Lipinski definition) is 4. The third-order valence-electron chi connectivity index (χ3n) is 10.7. The van der Waals surface area contributed by atoms with Crippen LogP contribution in [0, 0.1) is 0 Å². The number of hydrogen-bond acceptors (Lipinski definition) is 9. The van der Waals surface area contributed by atoms with E-state index in [0.717, 1.165) is 103 Å². The number of aliphatic hydroxyl groups excluding tert-OH is 4. The van der Waals surface area contributed by atoms with Crippen molar-refractivity contribution in [3.8, 4) is 0 Å². The summed E-state index contributed by atoms with van der Waals surface area (Å²) in [6.45, 7) is 4.31. The Hall–Kier alpha value is -2.89. The number of ether oxygens (including phenoxy) is 4. The molecule has 9 heteroatoms. The molecule has 1 heterocycles. The largest absolute Gasteiger partial charge is 0.457 e. The highest BCUT2D eigenvalue weighted by atomic mass is 16.7. The number of carbonyl (C=O) groups excluding carboxylic acids is 1. The van der Waals surface area contributed by atoms with Crippen LogP contribution in [0.25, 0.3) is 0 Å². The lowest BCUT2D eigenvalue weighted by Crippen LogP contribution is -2.59. The van der Waals surface area contributed by atoms with Gasteiger partial charge in [0.15, 0.2) is 6.29 Å². The first-order valence-corrected chi connectivity index (χ1v) is 24.8. The summed E-state index contributed by atoms with van der Waals surface area (Å²) < 4.78 is 22.8. The molecule has 1 fully saturated rings. The molecule has 1 rings (SSSR count). The van der Waals surface area contributed by atoms with Gasteiger partial charge in [0.2, 0.25) is 0 Å². The van der Waals surface area contributed by atoms with E-state index in [-0.39, 0.29) is 19.2 Å². The maximum absolute atomic E-state index is 12.8. The van der Waals surface area contributed by atoms with E-state index in [0.29, 0.717) is 13.0 Å². The highest BCUT2D eigenvalue weighted by Crippen LogP contribution is 2.22. The van der Waals surface area contributed by atoms with E-state index in [1.165, 1.54) is 51.4 Å². The number of aliphatic hydroxyl groups is 4. The second-order valence-corrected chi connectivity index (χ2v) is 16.5. The van der Waals surface area contributed by atoms with E-state index in [9.17, 15) is 25.2 Å². The minimum atomic E-state index is -1.55. The lowest BCUT2D eigenvalue weighted by atomic mass is 9.99. The molecule has 0 spiro atoms. The molecule has 0 amide bonds. The van der Waals surface area contributed by atoms with Crippen molar-refractivity contribution in [3.63, 3.8) is 0 Å². The number of allylic oxidation sites excluding steroid dienone is 16. The van der Waals surface area contributed by atoms with E-state index in [1.807, 2.05) is 0 Å². The summed E-state index contributed by atoms with van der Waals surface area (Å²) in [6.07, 6.45) is 54.4. The first-order chi connectivity index (χ1) is 30.9. The minimum Gasteiger partial charge on any atom is -0.457 e. The van der Waals surface area contributed by atoms with Crippen LogP contribution in [0.3, 0.4) is 0 Å². The summed E-state index contributed by atoms with van der Waals surface area (Å²) in [5.74, 6) is -0.341. The molecular weight excluding hydrogens is 793 g/mol. The smallest absolute Gasteiger partial charge is 0.306 e. The highest BCUT2D eigenvalue weighted by Gasteiger charge is 2.44. The van der Waals surface area contributed by atoms with Crippen LogP contribution in [0.5, 0.6) is 0 Å². The Bertz CT molecular complexity index is 1280. The van der Waals surface area contributed by atoms with Gasteiger partial charge in [-0.25, -0.2) is 0 Å². The van der Waals surface area contributed by atoms with Gasteiger partial charge in [-0.05, 0) is 96.3 Å². The SMILES string of the molecule is CC/C=C\C/C=C\C/C=C\C/C=C\C/C=C\C/C=C\C/C=C\CCCCOCC(COC1OC(CO)C(O)C(O)C1O)OC(=O)CCCCCCC/C=C\CCCCCCCCC. The molecule has 360 valence electrons. The maximum Gasteiger partial charge on any atom is 0.306 e. The molecule has 1 saturated heterocycles. The molecular formula is C54H90O9. The van der Waals surface area contributed by atoms with Gasteiger partial charge >= 0.3 is 5.97 Å². The fraction of sp³-hybridized carbons (Fsp3) is 0.685. The number of carbonyl (C=O) groups is 1. The van der Waals surface area contributed by atoms with Crippen LogP contribution >= 0.6 is 0 Å². The summed E-state index contributed by atoms with van der Waals surface area (Å²) in [4.78, 5) is 12.8. The summed E-state index contributed by atoms with van der Waals surface area (Å²) in [7, 11) is 0. The predicted octanol–water partition coefficient (Wildman–Crippen LogP) is 12.0. The van der Waals surface area contributed by atoms with Crippen molar-refractivity contribution in [2.75, 3.05) is 26.4 Å². The summed E-state index contributed by atoms with van der Waals surface area (Å²) in [5, 5.41) is 40.2. The van der Waals surface area contributed by atoms with Gasteiger partial charge in [-0.2, -0.15) is 0 Å². The molecule has 0 aromatic carbocycles. The lowest BCUT2D eigenvalue weighted by Gasteiger charge is -2.39. The van der Waals surface area contributed by atoms with Crippen LogP contribution in [0.2, 0.25) is 0 Å². The van der Waals surface area contributed by atoms with Crippen LogP contribution in [0.1, 0.15) is 174 Å². The first kappa shape index (κ1) is 58.1. The van der Waals surface area contributed by atoms with E-state index in [2.05, 4.69) is 111 Å². The third-order valence-corrected chi connectivity index (χ3v) is 10.7. The standard InChI is InChI=1S/C54H90O9/c1-3-5-7-9-11-13-15-17-19-21-22-23-24-25-26-27-28-30-32-34-36-38-40-42-44-60-46-48(47-61-54-53(59)52(58)51(57)49(45-55)63-54)62-50(56)43-41-39-37-35-33-31-29-20-18-16-14-12-10-8-6-4-2/h5,7,11,13,17,19-20,22-23,25-26,28-30,34,36,48-49,51-55,57-59H,3-4,6,8-10,12,14-16,18,21,24,27,31-33,35,37-47H2,1-2H3/b7-5-,13-11-,19-17-,23-22-,26-25-,29-20-,30-28-,36-34-. The predicted molar refractivity (Wildman–Crippen MR) is 260 cm³/mol. The fourth-order valence-corrected chi connectivity index (χ4v) is 6.88. The van der Waals surface area contributed by atoms with Gasteiger partial charge < -0.3 is 39.4 Å². The zero-order chi connectivity index (χ0) is 45.7. The Kier molecular flexibility index (Phi) is 40.9. The fourth-order valence-electron chi connectivity index (χ4n) is 6.88. The van der Waals surface area contributed by atoms with E-state index in [1.54, 1.807) is 0 Å².